The number of hydrogen-bond donors (Lipinski definition) is 5. The second-order valence-electron chi connectivity index (χ2n) is 10.6. The fraction of sp³-hybridized carbons (Fsp3) is 0.667. The fourth-order valence-corrected chi connectivity index (χ4v) is 5.12. The first-order chi connectivity index (χ1) is 17.0. The third-order valence-corrected chi connectivity index (χ3v) is 6.81. The highest BCUT2D eigenvalue weighted by Gasteiger charge is 2.36. The summed E-state index contributed by atoms with van der Waals surface area (Å²) in [5, 5.41) is 37.0. The van der Waals surface area contributed by atoms with Crippen molar-refractivity contribution in [3.63, 3.8) is 0 Å². The van der Waals surface area contributed by atoms with Gasteiger partial charge in [0.2, 0.25) is 0 Å². The number of fused-ring (bicyclic) bond motifs is 1. The SMILES string of the molecule is CC(=O)CC(=O)C(CO)C(CCO)CC1CC(=O)c2c(O)c(NCNCC(C)C)cc(N(C)C)c2C1.O.[HH].[HH]. The molecule has 1 aliphatic carbocycles. The highest BCUT2D eigenvalue weighted by Crippen LogP contribution is 2.44. The van der Waals surface area contributed by atoms with Gasteiger partial charge in [0, 0.05) is 41.6 Å². The van der Waals surface area contributed by atoms with Gasteiger partial charge in [-0.25, -0.2) is 0 Å². The number of carbonyl (C=O) groups is 3. The Morgan fingerprint density at radius 1 is 1.22 bits per heavy atom. The summed E-state index contributed by atoms with van der Waals surface area (Å²) in [6.07, 6.45) is 1.22. The van der Waals surface area contributed by atoms with Gasteiger partial charge in [0.15, 0.2) is 5.78 Å². The summed E-state index contributed by atoms with van der Waals surface area (Å²) in [6.45, 7) is 6.26. The molecule has 0 aliphatic heterocycles. The van der Waals surface area contributed by atoms with E-state index in [0.29, 0.717) is 43.1 Å². The highest BCUT2D eigenvalue weighted by atomic mass is 16.3. The number of rotatable bonds is 15. The number of Topliss-reactive ketones (excluding diaryl/α,β-unsaturated/α-hetero) is 3. The summed E-state index contributed by atoms with van der Waals surface area (Å²) in [4.78, 5) is 39.3. The number of phenolic OH excluding ortho intramolecular Hbond substituents is 1. The molecule has 0 saturated carbocycles. The third kappa shape index (κ3) is 8.77. The van der Waals surface area contributed by atoms with Gasteiger partial charge in [-0.15, -0.1) is 0 Å². The van der Waals surface area contributed by atoms with Crippen molar-refractivity contribution in [2.24, 2.45) is 23.7 Å². The van der Waals surface area contributed by atoms with Crippen molar-refractivity contribution in [2.45, 2.75) is 52.9 Å². The molecule has 10 nitrogen and oxygen atoms in total. The molecule has 3 atom stereocenters. The molecule has 0 spiro atoms. The van der Waals surface area contributed by atoms with Gasteiger partial charge >= 0.3 is 0 Å². The molecule has 0 fully saturated rings. The van der Waals surface area contributed by atoms with Crippen LogP contribution in [0, 0.1) is 23.7 Å². The van der Waals surface area contributed by atoms with Crippen molar-refractivity contribution in [3.05, 3.63) is 17.2 Å². The Morgan fingerprint density at radius 2 is 1.89 bits per heavy atom. The Labute approximate surface area is 222 Å². The van der Waals surface area contributed by atoms with Crippen LogP contribution in [0.2, 0.25) is 0 Å². The van der Waals surface area contributed by atoms with Crippen LogP contribution in [0.5, 0.6) is 5.75 Å². The van der Waals surface area contributed by atoms with E-state index >= 15 is 0 Å². The van der Waals surface area contributed by atoms with Crippen LogP contribution in [0.25, 0.3) is 0 Å². The molecule has 0 amide bonds. The van der Waals surface area contributed by atoms with Gasteiger partial charge < -0.3 is 31.0 Å². The molecule has 2 rings (SSSR count). The molecule has 1 aromatic carbocycles. The van der Waals surface area contributed by atoms with Gasteiger partial charge in [-0.2, -0.15) is 0 Å². The van der Waals surface area contributed by atoms with Crippen molar-refractivity contribution in [3.8, 4) is 5.75 Å². The Hall–Kier alpha value is -2.53. The van der Waals surface area contributed by atoms with E-state index in [4.69, 9.17) is 0 Å². The van der Waals surface area contributed by atoms with Crippen LogP contribution in [0.3, 0.4) is 0 Å². The number of benzene rings is 1. The Kier molecular flexibility index (Phi) is 13.2. The molecule has 0 radical (unpaired) electrons. The molecule has 1 aliphatic rings. The van der Waals surface area contributed by atoms with E-state index in [1.165, 1.54) is 6.92 Å². The van der Waals surface area contributed by atoms with E-state index in [-0.39, 0.29) is 62.7 Å². The number of ketones is 3. The van der Waals surface area contributed by atoms with E-state index in [1.807, 2.05) is 25.1 Å². The molecule has 1 aromatic rings. The summed E-state index contributed by atoms with van der Waals surface area (Å²) in [5.74, 6) is -1.57. The maximum Gasteiger partial charge on any atom is 0.167 e. The number of hydrogen-bond acceptors (Lipinski definition) is 9. The summed E-state index contributed by atoms with van der Waals surface area (Å²) >= 11 is 0. The molecule has 37 heavy (non-hydrogen) atoms. The summed E-state index contributed by atoms with van der Waals surface area (Å²) in [5.41, 5.74) is 2.41. The minimum Gasteiger partial charge on any atom is -0.505 e. The Morgan fingerprint density at radius 3 is 2.43 bits per heavy atom. The smallest absolute Gasteiger partial charge is 0.167 e. The molecule has 7 N–H and O–H groups in total. The predicted molar refractivity (Wildman–Crippen MR) is 148 cm³/mol. The van der Waals surface area contributed by atoms with Gasteiger partial charge in [-0.05, 0) is 62.1 Å². The van der Waals surface area contributed by atoms with Crippen LogP contribution < -0.4 is 15.5 Å². The van der Waals surface area contributed by atoms with E-state index in [2.05, 4.69) is 24.5 Å². The van der Waals surface area contributed by atoms with Crippen LogP contribution in [0.1, 0.15) is 65.2 Å². The number of nitrogens with one attached hydrogen (secondary N) is 2. The molecule has 214 valence electrons. The van der Waals surface area contributed by atoms with Gasteiger partial charge in [0.1, 0.15) is 17.3 Å². The first-order valence-corrected chi connectivity index (χ1v) is 12.8. The summed E-state index contributed by atoms with van der Waals surface area (Å²) < 4.78 is 0. The van der Waals surface area contributed by atoms with Crippen LogP contribution in [0.15, 0.2) is 6.07 Å². The summed E-state index contributed by atoms with van der Waals surface area (Å²) in [7, 11) is 3.77. The van der Waals surface area contributed by atoms with E-state index in [1.54, 1.807) is 0 Å². The largest absolute Gasteiger partial charge is 0.505 e. The molecule has 10 heteroatoms. The average molecular weight is 528 g/mol. The second-order valence-corrected chi connectivity index (χ2v) is 10.6. The van der Waals surface area contributed by atoms with E-state index in [0.717, 1.165) is 17.8 Å². The summed E-state index contributed by atoms with van der Waals surface area (Å²) in [6, 6.07) is 1.85. The first-order valence-electron chi connectivity index (χ1n) is 12.8. The predicted octanol–water partition coefficient (Wildman–Crippen LogP) is 2.03. The standard InChI is InChI=1S/C27H43N3O6.H2O.2H2/c1-16(2)13-28-15-29-22-12-23(30(4)5)20-10-18(11-25(35)26(20)27(22)36)9-19(6-7-31)21(14-32)24(34)8-17(3)33;;;/h12,16,18-19,21,28-29,31-32,36H,6-11,13-15H2,1-5H3;1H2;2*1H. The van der Waals surface area contributed by atoms with E-state index in [9.17, 15) is 29.7 Å². The Balaban J connectivity index is 0. The minimum atomic E-state index is -0.760. The van der Waals surface area contributed by atoms with Gasteiger partial charge in [-0.3, -0.25) is 19.7 Å². The first kappa shape index (κ1) is 32.5. The van der Waals surface area contributed by atoms with Crippen molar-refractivity contribution >= 4 is 28.7 Å². The number of aliphatic hydroxyl groups is 2. The van der Waals surface area contributed by atoms with Crippen LogP contribution in [-0.4, -0.2) is 78.7 Å². The average Bonchev–Trinajstić information content (AvgIpc) is 2.77. The number of aromatic hydroxyl groups is 1. The number of carbonyl (C=O) groups excluding carboxylic acids is 3. The van der Waals surface area contributed by atoms with Gasteiger partial charge in [0.25, 0.3) is 0 Å². The molecule has 3 unspecified atom stereocenters. The number of anilines is 2. The second kappa shape index (κ2) is 15.0. The van der Waals surface area contributed by atoms with Crippen molar-refractivity contribution < 1.29 is 38.0 Å². The number of aliphatic hydroxyl groups excluding tert-OH is 2. The maximum absolute atomic E-state index is 13.3. The topological polar surface area (TPSA) is 171 Å². The molecule has 0 heterocycles. The highest BCUT2D eigenvalue weighted by molar-refractivity contribution is 6.04. The fourth-order valence-electron chi connectivity index (χ4n) is 5.12. The number of nitrogens with zero attached hydrogens (tertiary/aromatic N) is 1. The lowest BCUT2D eigenvalue weighted by Crippen LogP contribution is -2.33. The lowest BCUT2D eigenvalue weighted by atomic mass is 9.73. The lowest BCUT2D eigenvalue weighted by molar-refractivity contribution is -0.131. The molecule has 0 aromatic heterocycles. The van der Waals surface area contributed by atoms with Crippen molar-refractivity contribution in [2.75, 3.05) is 50.7 Å². The number of phenols is 1. The molecule has 0 bridgehead atoms. The zero-order chi connectivity index (χ0) is 27.0. The molecular weight excluding hydrogens is 478 g/mol. The zero-order valence-electron chi connectivity index (χ0n) is 22.8. The van der Waals surface area contributed by atoms with Gasteiger partial charge in [-0.1, -0.05) is 13.8 Å². The lowest BCUT2D eigenvalue weighted by Gasteiger charge is -2.33. The van der Waals surface area contributed by atoms with Crippen LogP contribution >= 0.6 is 0 Å². The van der Waals surface area contributed by atoms with E-state index < -0.39 is 12.5 Å². The quantitative estimate of drug-likeness (QED) is 0.0990. The normalized spacial score (nSPS) is 16.5. The minimum absolute atomic E-state index is 0. The van der Waals surface area contributed by atoms with Crippen molar-refractivity contribution in [1.29, 1.82) is 0 Å². The monoisotopic (exact) mass is 527 g/mol. The zero-order valence-corrected chi connectivity index (χ0v) is 22.8. The third-order valence-electron chi connectivity index (χ3n) is 6.81. The Bertz CT molecular complexity index is 944. The molecule has 0 saturated heterocycles. The maximum atomic E-state index is 13.3. The van der Waals surface area contributed by atoms with Gasteiger partial charge in [0.05, 0.1) is 30.9 Å². The van der Waals surface area contributed by atoms with Crippen LogP contribution in [0.4, 0.5) is 11.4 Å². The van der Waals surface area contributed by atoms with Crippen LogP contribution in [-0.2, 0) is 16.0 Å². The molecular formula is C27H49N3O7. The van der Waals surface area contributed by atoms with Crippen molar-refractivity contribution in [1.82, 2.24) is 5.32 Å².